The molecule has 16 heavy (non-hydrogen) atoms. The summed E-state index contributed by atoms with van der Waals surface area (Å²) in [4.78, 5) is 11.7. The Morgan fingerprint density at radius 3 is 2.81 bits per heavy atom. The second kappa shape index (κ2) is 6.40. The zero-order chi connectivity index (χ0) is 12.0. The molecule has 0 radical (unpaired) electrons. The van der Waals surface area contributed by atoms with Crippen LogP contribution in [-0.4, -0.2) is 24.0 Å². The number of nitrogens with two attached hydrogens (primary N) is 2. The number of anilines is 2. The molecule has 5 N–H and O–H groups in total. The third-order valence-electron chi connectivity index (χ3n) is 2.19. The first kappa shape index (κ1) is 12.9. The molecule has 0 aliphatic heterocycles. The molecule has 4 nitrogen and oxygen atoms in total. The summed E-state index contributed by atoms with van der Waals surface area (Å²) in [5.74, 6) is 0.686. The number of benzene rings is 1. The van der Waals surface area contributed by atoms with Crippen LogP contribution in [0.5, 0.6) is 0 Å². The van der Waals surface area contributed by atoms with Crippen molar-refractivity contribution in [2.45, 2.75) is 12.5 Å². The van der Waals surface area contributed by atoms with E-state index in [0.29, 0.717) is 17.8 Å². The van der Waals surface area contributed by atoms with Crippen molar-refractivity contribution in [3.63, 3.8) is 0 Å². The van der Waals surface area contributed by atoms with E-state index < -0.39 is 6.04 Å². The van der Waals surface area contributed by atoms with Gasteiger partial charge in [0.25, 0.3) is 0 Å². The number of carbonyl (C=O) groups is 1. The van der Waals surface area contributed by atoms with Crippen LogP contribution in [0.4, 0.5) is 11.4 Å². The van der Waals surface area contributed by atoms with Crippen molar-refractivity contribution in [2.75, 3.05) is 23.1 Å². The number of carbonyl (C=O) groups excluding carboxylic acids is 1. The number of para-hydroxylation sites is 2. The topological polar surface area (TPSA) is 81.1 Å². The Hall–Kier alpha value is -1.20. The molecule has 0 aromatic heterocycles. The fourth-order valence-electron chi connectivity index (χ4n) is 1.21. The number of hydrogen-bond donors (Lipinski definition) is 3. The maximum atomic E-state index is 11.7. The van der Waals surface area contributed by atoms with Gasteiger partial charge in [-0.1, -0.05) is 12.1 Å². The molecule has 0 aliphatic carbocycles. The third kappa shape index (κ3) is 3.75. The standard InChI is InChI=1S/C11H17N3OS/c1-16-7-6-9(13)11(15)14-10-5-3-2-4-8(10)12/h2-5,9H,6-7,12-13H2,1H3,(H,14,15)/t9-/m0/s1. The van der Waals surface area contributed by atoms with Crippen LogP contribution in [0, 0.1) is 0 Å². The van der Waals surface area contributed by atoms with Gasteiger partial charge >= 0.3 is 0 Å². The van der Waals surface area contributed by atoms with Crippen molar-refractivity contribution in [1.29, 1.82) is 0 Å². The zero-order valence-corrected chi connectivity index (χ0v) is 10.1. The van der Waals surface area contributed by atoms with Crippen LogP contribution in [0.3, 0.4) is 0 Å². The Morgan fingerprint density at radius 1 is 1.50 bits per heavy atom. The second-order valence-corrected chi connectivity index (χ2v) is 4.45. The van der Waals surface area contributed by atoms with Crippen LogP contribution < -0.4 is 16.8 Å². The zero-order valence-electron chi connectivity index (χ0n) is 9.27. The minimum atomic E-state index is -0.480. The van der Waals surface area contributed by atoms with Gasteiger partial charge in [0.1, 0.15) is 0 Å². The van der Waals surface area contributed by atoms with Crippen LogP contribution in [0.15, 0.2) is 24.3 Å². The minimum absolute atomic E-state index is 0.188. The van der Waals surface area contributed by atoms with E-state index in [1.165, 1.54) is 0 Å². The molecule has 5 heteroatoms. The second-order valence-electron chi connectivity index (χ2n) is 3.46. The SMILES string of the molecule is CSCC[C@H](N)C(=O)Nc1ccccc1N. The molecule has 1 rings (SSSR count). The lowest BCUT2D eigenvalue weighted by Crippen LogP contribution is -2.36. The quantitative estimate of drug-likeness (QED) is 0.676. The molecule has 0 aliphatic rings. The predicted octanol–water partition coefficient (Wildman–Crippen LogP) is 1.29. The lowest BCUT2D eigenvalue weighted by Gasteiger charge is -2.12. The van der Waals surface area contributed by atoms with Crippen LogP contribution in [0.1, 0.15) is 6.42 Å². The minimum Gasteiger partial charge on any atom is -0.397 e. The highest BCUT2D eigenvalue weighted by Crippen LogP contribution is 2.16. The molecular weight excluding hydrogens is 222 g/mol. The molecule has 1 aromatic rings. The van der Waals surface area contributed by atoms with Gasteiger partial charge in [-0.2, -0.15) is 11.8 Å². The maximum Gasteiger partial charge on any atom is 0.241 e. The highest BCUT2D eigenvalue weighted by molar-refractivity contribution is 7.98. The molecule has 0 spiro atoms. The summed E-state index contributed by atoms with van der Waals surface area (Å²) >= 11 is 1.67. The molecule has 0 saturated carbocycles. The molecule has 1 atom stereocenters. The molecular formula is C11H17N3OS. The van der Waals surface area contributed by atoms with Crippen molar-refractivity contribution < 1.29 is 4.79 Å². The van der Waals surface area contributed by atoms with Gasteiger partial charge in [-0.15, -0.1) is 0 Å². The van der Waals surface area contributed by atoms with Crippen molar-refractivity contribution in [2.24, 2.45) is 5.73 Å². The van der Waals surface area contributed by atoms with E-state index >= 15 is 0 Å². The van der Waals surface area contributed by atoms with Gasteiger partial charge in [0, 0.05) is 0 Å². The van der Waals surface area contributed by atoms with Gasteiger partial charge in [-0.3, -0.25) is 4.79 Å². The Kier molecular flexibility index (Phi) is 5.14. The Balaban J connectivity index is 2.54. The fraction of sp³-hybridized carbons (Fsp3) is 0.364. The summed E-state index contributed by atoms with van der Waals surface area (Å²) in [6, 6.07) is 6.65. The first-order valence-electron chi connectivity index (χ1n) is 5.05. The maximum absolute atomic E-state index is 11.7. The molecule has 0 heterocycles. The Labute approximate surface area is 99.8 Å². The van der Waals surface area contributed by atoms with Crippen LogP contribution in [-0.2, 0) is 4.79 Å². The lowest BCUT2D eigenvalue weighted by atomic mass is 10.2. The first-order chi connectivity index (χ1) is 7.65. The largest absolute Gasteiger partial charge is 0.397 e. The first-order valence-corrected chi connectivity index (χ1v) is 6.44. The smallest absolute Gasteiger partial charge is 0.241 e. The monoisotopic (exact) mass is 239 g/mol. The molecule has 0 unspecified atom stereocenters. The van der Waals surface area contributed by atoms with E-state index in [1.54, 1.807) is 23.9 Å². The summed E-state index contributed by atoms with van der Waals surface area (Å²) in [7, 11) is 0. The predicted molar refractivity (Wildman–Crippen MR) is 70.5 cm³/mol. The van der Waals surface area contributed by atoms with Crippen molar-refractivity contribution in [3.05, 3.63) is 24.3 Å². The molecule has 88 valence electrons. The number of rotatable bonds is 5. The summed E-state index contributed by atoms with van der Waals surface area (Å²) in [5.41, 5.74) is 12.6. The van der Waals surface area contributed by atoms with E-state index in [1.807, 2.05) is 18.4 Å². The highest BCUT2D eigenvalue weighted by atomic mass is 32.2. The molecule has 1 amide bonds. The van der Waals surface area contributed by atoms with Gasteiger partial charge in [0.05, 0.1) is 17.4 Å². The molecule has 0 saturated heterocycles. The normalized spacial score (nSPS) is 12.1. The van der Waals surface area contributed by atoms with Crippen molar-refractivity contribution in [1.82, 2.24) is 0 Å². The van der Waals surface area contributed by atoms with E-state index in [2.05, 4.69) is 5.32 Å². The molecule has 1 aromatic carbocycles. The fourth-order valence-corrected chi connectivity index (χ4v) is 1.70. The summed E-state index contributed by atoms with van der Waals surface area (Å²) in [6.45, 7) is 0. The Morgan fingerprint density at radius 2 is 2.19 bits per heavy atom. The number of amides is 1. The number of hydrogen-bond acceptors (Lipinski definition) is 4. The van der Waals surface area contributed by atoms with Gasteiger partial charge in [0.2, 0.25) is 5.91 Å². The van der Waals surface area contributed by atoms with E-state index in [-0.39, 0.29) is 5.91 Å². The average molecular weight is 239 g/mol. The number of thioether (sulfide) groups is 1. The van der Waals surface area contributed by atoms with Gasteiger partial charge < -0.3 is 16.8 Å². The van der Waals surface area contributed by atoms with E-state index in [4.69, 9.17) is 11.5 Å². The third-order valence-corrected chi connectivity index (χ3v) is 2.83. The summed E-state index contributed by atoms with van der Waals surface area (Å²) in [6.07, 6.45) is 2.65. The number of nitrogen functional groups attached to an aromatic ring is 1. The average Bonchev–Trinajstić information content (AvgIpc) is 2.28. The Bertz CT molecular complexity index is 357. The van der Waals surface area contributed by atoms with Crippen LogP contribution in [0.2, 0.25) is 0 Å². The van der Waals surface area contributed by atoms with Gasteiger partial charge in [-0.25, -0.2) is 0 Å². The van der Waals surface area contributed by atoms with Gasteiger partial charge in [0.15, 0.2) is 0 Å². The van der Waals surface area contributed by atoms with Crippen LogP contribution in [0.25, 0.3) is 0 Å². The van der Waals surface area contributed by atoms with E-state index in [9.17, 15) is 4.79 Å². The van der Waals surface area contributed by atoms with Gasteiger partial charge in [-0.05, 0) is 30.6 Å². The summed E-state index contributed by atoms with van der Waals surface area (Å²) in [5, 5.41) is 2.72. The lowest BCUT2D eigenvalue weighted by molar-refractivity contribution is -0.117. The molecule has 0 bridgehead atoms. The van der Waals surface area contributed by atoms with E-state index in [0.717, 1.165) is 5.75 Å². The highest BCUT2D eigenvalue weighted by Gasteiger charge is 2.13. The summed E-state index contributed by atoms with van der Waals surface area (Å²) < 4.78 is 0. The van der Waals surface area contributed by atoms with Crippen LogP contribution >= 0.6 is 11.8 Å². The van der Waals surface area contributed by atoms with Crippen molar-refractivity contribution >= 4 is 29.0 Å². The molecule has 0 fully saturated rings. The van der Waals surface area contributed by atoms with Crippen molar-refractivity contribution in [3.8, 4) is 0 Å². The number of nitrogens with one attached hydrogen (secondary N) is 1.